The average molecular weight is 340 g/mol. The zero-order valence-electron chi connectivity index (χ0n) is 15.9. The van der Waals surface area contributed by atoms with Gasteiger partial charge in [-0.05, 0) is 61.9 Å². The quantitative estimate of drug-likeness (QED) is 0.324. The van der Waals surface area contributed by atoms with Gasteiger partial charge in [-0.1, -0.05) is 23.8 Å². The summed E-state index contributed by atoms with van der Waals surface area (Å²) in [6, 6.07) is 15.5. The number of ether oxygens (including phenoxy) is 1. The Hall–Kier alpha value is -2.87. The van der Waals surface area contributed by atoms with Crippen LogP contribution < -0.4 is 9.30 Å². The molecule has 0 amide bonds. The summed E-state index contributed by atoms with van der Waals surface area (Å²) in [7, 11) is 2.15. The van der Waals surface area contributed by atoms with Crippen LogP contribution in [0.4, 0.5) is 0 Å². The zero-order valence-corrected chi connectivity index (χ0v) is 15.9. The van der Waals surface area contributed by atoms with Crippen molar-refractivity contribution in [3.63, 3.8) is 0 Å². The standard InChI is InChI=1S/C24H22NO/c1-13-6-7-19-17(8-13)12-21-24(25(19)5)22-16(4)15(3)11-18-9-14(2)10-20(26-21)23(18)22/h6-12H,1-5H3/q+1. The first-order valence-corrected chi connectivity index (χ1v) is 9.10. The Morgan fingerprint density at radius 1 is 0.769 bits per heavy atom. The van der Waals surface area contributed by atoms with Crippen LogP contribution in [0.1, 0.15) is 22.3 Å². The third-order valence-electron chi connectivity index (χ3n) is 5.72. The third kappa shape index (κ3) is 1.96. The normalized spacial score (nSPS) is 12.3. The molecule has 1 aromatic heterocycles. The first-order chi connectivity index (χ1) is 12.4. The van der Waals surface area contributed by atoms with Gasteiger partial charge in [-0.3, -0.25) is 0 Å². The molecule has 2 nitrogen and oxygen atoms in total. The summed E-state index contributed by atoms with van der Waals surface area (Å²) in [6.07, 6.45) is 0. The third-order valence-corrected chi connectivity index (χ3v) is 5.72. The number of rotatable bonds is 0. The molecule has 1 aliphatic heterocycles. The zero-order chi connectivity index (χ0) is 18.2. The second kappa shape index (κ2) is 5.07. The Morgan fingerprint density at radius 3 is 2.35 bits per heavy atom. The lowest BCUT2D eigenvalue weighted by atomic mass is 9.89. The van der Waals surface area contributed by atoms with Gasteiger partial charge in [-0.25, -0.2) is 0 Å². The maximum Gasteiger partial charge on any atom is 0.256 e. The van der Waals surface area contributed by atoms with Gasteiger partial charge in [0.05, 0.1) is 10.9 Å². The summed E-state index contributed by atoms with van der Waals surface area (Å²) in [5.41, 5.74) is 8.84. The van der Waals surface area contributed by atoms with Gasteiger partial charge in [-0.15, -0.1) is 0 Å². The SMILES string of the molecule is Cc1cc2c3c(c(C)c(C)cc3c1)-c1c(cc3cc(C)ccc3[n+]1C)O2. The lowest BCUT2D eigenvalue weighted by Crippen LogP contribution is -2.33. The number of nitrogens with zero attached hydrogens (tertiary/aromatic N) is 1. The van der Waals surface area contributed by atoms with Crippen molar-refractivity contribution in [2.75, 3.05) is 0 Å². The van der Waals surface area contributed by atoms with Crippen LogP contribution in [0.3, 0.4) is 0 Å². The van der Waals surface area contributed by atoms with Gasteiger partial charge in [0.15, 0.2) is 5.75 Å². The number of fused-ring (bicyclic) bond motifs is 3. The van der Waals surface area contributed by atoms with E-state index in [1.165, 1.54) is 55.2 Å². The summed E-state index contributed by atoms with van der Waals surface area (Å²) in [5.74, 6) is 1.91. The molecule has 0 atom stereocenters. The van der Waals surface area contributed by atoms with E-state index in [1.807, 2.05) is 0 Å². The molecule has 26 heavy (non-hydrogen) atoms. The molecule has 0 N–H and O–H groups in total. The minimum atomic E-state index is 0.943. The maximum absolute atomic E-state index is 6.43. The van der Waals surface area contributed by atoms with E-state index >= 15 is 0 Å². The molecule has 2 heterocycles. The number of hydrogen-bond donors (Lipinski definition) is 0. The minimum Gasteiger partial charge on any atom is -0.450 e. The molecule has 0 fully saturated rings. The van der Waals surface area contributed by atoms with Crippen LogP contribution in [-0.2, 0) is 7.05 Å². The van der Waals surface area contributed by atoms with Crippen molar-refractivity contribution in [3.05, 3.63) is 64.7 Å². The van der Waals surface area contributed by atoms with Crippen LogP contribution in [-0.4, -0.2) is 0 Å². The first-order valence-electron chi connectivity index (χ1n) is 9.10. The Bertz CT molecular complexity index is 1250. The van der Waals surface area contributed by atoms with E-state index in [0.717, 1.165) is 11.5 Å². The molecular formula is C24H22NO+. The summed E-state index contributed by atoms with van der Waals surface area (Å²) in [5, 5.41) is 3.70. The van der Waals surface area contributed by atoms with Gasteiger partial charge < -0.3 is 4.74 Å². The average Bonchev–Trinajstić information content (AvgIpc) is 2.58. The highest BCUT2D eigenvalue weighted by molar-refractivity contribution is 6.05. The monoisotopic (exact) mass is 340 g/mol. The fraction of sp³-hybridized carbons (Fsp3) is 0.208. The molecular weight excluding hydrogens is 318 g/mol. The summed E-state index contributed by atoms with van der Waals surface area (Å²) >= 11 is 0. The van der Waals surface area contributed by atoms with Gasteiger partial charge >= 0.3 is 0 Å². The van der Waals surface area contributed by atoms with Gasteiger partial charge in [0.2, 0.25) is 5.52 Å². The van der Waals surface area contributed by atoms with E-state index in [0.29, 0.717) is 0 Å². The summed E-state index contributed by atoms with van der Waals surface area (Å²) in [6.45, 7) is 8.69. The van der Waals surface area contributed by atoms with Gasteiger partial charge in [-0.2, -0.15) is 4.57 Å². The Balaban J connectivity index is 2.00. The first kappa shape index (κ1) is 15.4. The molecule has 0 saturated carbocycles. The van der Waals surface area contributed by atoms with Gasteiger partial charge in [0, 0.05) is 17.5 Å². The van der Waals surface area contributed by atoms with Crippen LogP contribution >= 0.6 is 0 Å². The largest absolute Gasteiger partial charge is 0.450 e. The predicted octanol–water partition coefficient (Wildman–Crippen LogP) is 5.82. The molecule has 0 saturated heterocycles. The van der Waals surface area contributed by atoms with E-state index in [9.17, 15) is 0 Å². The molecule has 4 aromatic rings. The maximum atomic E-state index is 6.43. The molecule has 128 valence electrons. The molecule has 1 aliphatic rings. The molecule has 0 unspecified atom stereocenters. The molecule has 5 rings (SSSR count). The van der Waals surface area contributed by atoms with Crippen molar-refractivity contribution in [2.45, 2.75) is 27.7 Å². The molecule has 0 radical (unpaired) electrons. The lowest BCUT2D eigenvalue weighted by Gasteiger charge is -2.23. The summed E-state index contributed by atoms with van der Waals surface area (Å²) < 4.78 is 8.72. The number of benzene rings is 3. The predicted molar refractivity (Wildman–Crippen MR) is 107 cm³/mol. The second-order valence-electron chi connectivity index (χ2n) is 7.64. The number of aromatic nitrogens is 1. The fourth-order valence-corrected chi connectivity index (χ4v) is 4.34. The number of hydrogen-bond acceptors (Lipinski definition) is 1. The lowest BCUT2D eigenvalue weighted by molar-refractivity contribution is -0.633. The molecule has 0 spiro atoms. The van der Waals surface area contributed by atoms with Crippen molar-refractivity contribution >= 4 is 21.7 Å². The topological polar surface area (TPSA) is 13.1 Å². The van der Waals surface area contributed by atoms with Crippen molar-refractivity contribution in [1.82, 2.24) is 0 Å². The summed E-state index contributed by atoms with van der Waals surface area (Å²) in [4.78, 5) is 0. The van der Waals surface area contributed by atoms with Gasteiger partial charge in [0.25, 0.3) is 5.69 Å². The van der Waals surface area contributed by atoms with E-state index in [1.54, 1.807) is 0 Å². The van der Waals surface area contributed by atoms with E-state index in [4.69, 9.17) is 4.74 Å². The highest BCUT2D eigenvalue weighted by Crippen LogP contribution is 2.48. The van der Waals surface area contributed by atoms with Crippen LogP contribution in [0.15, 0.2) is 42.5 Å². The molecule has 2 heteroatoms. The molecule has 3 aromatic carbocycles. The highest BCUT2D eigenvalue weighted by atomic mass is 16.5. The second-order valence-corrected chi connectivity index (χ2v) is 7.64. The Labute approximate surface area is 153 Å². The smallest absolute Gasteiger partial charge is 0.256 e. The molecule has 0 bridgehead atoms. The van der Waals surface area contributed by atoms with Crippen LogP contribution in [0.2, 0.25) is 0 Å². The van der Waals surface area contributed by atoms with Crippen molar-refractivity contribution < 1.29 is 9.30 Å². The van der Waals surface area contributed by atoms with E-state index in [-0.39, 0.29) is 0 Å². The van der Waals surface area contributed by atoms with Crippen LogP contribution in [0.5, 0.6) is 11.5 Å². The fourth-order valence-electron chi connectivity index (χ4n) is 4.34. The van der Waals surface area contributed by atoms with Crippen molar-refractivity contribution in [2.24, 2.45) is 7.05 Å². The number of aryl methyl sites for hydroxylation is 4. The van der Waals surface area contributed by atoms with Crippen LogP contribution in [0, 0.1) is 27.7 Å². The van der Waals surface area contributed by atoms with Crippen LogP contribution in [0.25, 0.3) is 32.9 Å². The molecule has 0 aliphatic carbocycles. The Kier molecular flexibility index (Phi) is 3.00. The van der Waals surface area contributed by atoms with Gasteiger partial charge in [0.1, 0.15) is 12.8 Å². The highest BCUT2D eigenvalue weighted by Gasteiger charge is 2.31. The van der Waals surface area contributed by atoms with E-state index < -0.39 is 0 Å². The minimum absolute atomic E-state index is 0.943. The van der Waals surface area contributed by atoms with Crippen molar-refractivity contribution in [1.29, 1.82) is 0 Å². The van der Waals surface area contributed by atoms with Crippen molar-refractivity contribution in [3.8, 4) is 22.8 Å². The Morgan fingerprint density at radius 2 is 1.54 bits per heavy atom. The number of pyridine rings is 1. The van der Waals surface area contributed by atoms with E-state index in [2.05, 4.69) is 81.8 Å².